The topological polar surface area (TPSA) is 75.6 Å². The summed E-state index contributed by atoms with van der Waals surface area (Å²) in [4.78, 5) is 22.6. The maximum absolute atomic E-state index is 11.4. The maximum Gasteiger partial charge on any atom is 0.307 e. The van der Waals surface area contributed by atoms with Gasteiger partial charge in [0.15, 0.2) is 0 Å². The van der Waals surface area contributed by atoms with Crippen molar-refractivity contribution in [3.05, 3.63) is 29.3 Å². The van der Waals surface area contributed by atoms with Gasteiger partial charge >= 0.3 is 5.97 Å². The van der Waals surface area contributed by atoms with Gasteiger partial charge in [0.1, 0.15) is 0 Å². The van der Waals surface area contributed by atoms with Crippen molar-refractivity contribution >= 4 is 17.6 Å². The van der Waals surface area contributed by atoms with Crippen molar-refractivity contribution in [2.24, 2.45) is 5.92 Å². The van der Waals surface area contributed by atoms with E-state index in [4.69, 9.17) is 4.74 Å². The molecular weight excluding hydrogens is 246 g/mol. The van der Waals surface area contributed by atoms with Gasteiger partial charge in [0.25, 0.3) is 0 Å². The number of benzene rings is 1. The summed E-state index contributed by atoms with van der Waals surface area (Å²) in [5, 5.41) is 12.0. The molecule has 1 unspecified atom stereocenters. The first-order valence-corrected chi connectivity index (χ1v) is 6.27. The number of fused-ring (bicyclic) bond motifs is 1. The third-order valence-electron chi connectivity index (χ3n) is 4.22. The van der Waals surface area contributed by atoms with E-state index in [-0.39, 0.29) is 5.91 Å². The molecule has 5 heteroatoms. The van der Waals surface area contributed by atoms with Crippen LogP contribution in [0.3, 0.4) is 0 Å². The van der Waals surface area contributed by atoms with Gasteiger partial charge in [-0.25, -0.2) is 0 Å². The van der Waals surface area contributed by atoms with E-state index in [0.717, 1.165) is 16.8 Å². The van der Waals surface area contributed by atoms with E-state index in [1.54, 1.807) is 6.92 Å². The second-order valence-corrected chi connectivity index (χ2v) is 5.31. The van der Waals surface area contributed by atoms with Crippen LogP contribution in [0.25, 0.3) is 0 Å². The van der Waals surface area contributed by atoms with Crippen molar-refractivity contribution in [2.75, 3.05) is 18.5 Å². The number of nitrogens with one attached hydrogen (secondary N) is 1. The molecule has 0 spiro atoms. The van der Waals surface area contributed by atoms with Gasteiger partial charge in [0, 0.05) is 5.69 Å². The highest BCUT2D eigenvalue weighted by Crippen LogP contribution is 2.41. The molecule has 1 aromatic rings. The summed E-state index contributed by atoms with van der Waals surface area (Å²) in [6.45, 7) is 2.54. The fourth-order valence-corrected chi connectivity index (χ4v) is 2.76. The Balaban J connectivity index is 1.99. The van der Waals surface area contributed by atoms with Gasteiger partial charge in [-0.1, -0.05) is 19.1 Å². The zero-order chi connectivity index (χ0) is 13.6. The molecule has 1 saturated heterocycles. The molecule has 1 fully saturated rings. The molecule has 0 bridgehead atoms. The average Bonchev–Trinajstić information content (AvgIpc) is 2.66. The minimum Gasteiger partial charge on any atom is -0.481 e. The summed E-state index contributed by atoms with van der Waals surface area (Å²) in [5.74, 6) is -1.35. The lowest BCUT2D eigenvalue weighted by Crippen LogP contribution is -2.53. The van der Waals surface area contributed by atoms with Crippen molar-refractivity contribution in [3.63, 3.8) is 0 Å². The molecule has 5 nitrogen and oxygen atoms in total. The van der Waals surface area contributed by atoms with Crippen LogP contribution in [0.15, 0.2) is 18.2 Å². The number of amides is 1. The molecule has 2 aliphatic rings. The van der Waals surface area contributed by atoms with Crippen molar-refractivity contribution in [1.82, 2.24) is 0 Å². The predicted octanol–water partition coefficient (Wildman–Crippen LogP) is 1.17. The van der Waals surface area contributed by atoms with E-state index in [9.17, 15) is 14.7 Å². The third kappa shape index (κ3) is 1.73. The second-order valence-electron chi connectivity index (χ2n) is 5.31. The van der Waals surface area contributed by atoms with Gasteiger partial charge in [-0.05, 0) is 17.2 Å². The average molecular weight is 261 g/mol. The van der Waals surface area contributed by atoms with Crippen molar-refractivity contribution in [1.29, 1.82) is 0 Å². The fourth-order valence-electron chi connectivity index (χ4n) is 2.76. The van der Waals surface area contributed by atoms with Crippen LogP contribution < -0.4 is 5.32 Å². The van der Waals surface area contributed by atoms with E-state index >= 15 is 0 Å². The third-order valence-corrected chi connectivity index (χ3v) is 4.22. The molecule has 0 aliphatic carbocycles. The van der Waals surface area contributed by atoms with Crippen LogP contribution >= 0.6 is 0 Å². The smallest absolute Gasteiger partial charge is 0.307 e. The Bertz CT molecular complexity index is 563. The number of rotatable bonds is 3. The minimum absolute atomic E-state index is 0.0163. The predicted molar refractivity (Wildman–Crippen MR) is 68.1 cm³/mol. The Labute approximate surface area is 110 Å². The molecule has 100 valence electrons. The Morgan fingerprint density at radius 3 is 2.79 bits per heavy atom. The molecule has 1 atom stereocenters. The van der Waals surface area contributed by atoms with Crippen molar-refractivity contribution < 1.29 is 19.4 Å². The highest BCUT2D eigenvalue weighted by molar-refractivity contribution is 5.99. The van der Waals surface area contributed by atoms with Crippen molar-refractivity contribution in [2.45, 2.75) is 18.8 Å². The Morgan fingerprint density at radius 2 is 2.21 bits per heavy atom. The number of carbonyl (C=O) groups is 2. The van der Waals surface area contributed by atoms with E-state index in [0.29, 0.717) is 19.6 Å². The standard InChI is InChI=1S/C14H15NO4/c1-8(13(17)18)14(6-19-7-14)10-2-3-11-9(4-10)5-12(16)15-11/h2-4,8H,5-7H2,1H3,(H,15,16)(H,17,18). The van der Waals surface area contributed by atoms with Crippen LogP contribution in [0.1, 0.15) is 18.1 Å². The summed E-state index contributed by atoms with van der Waals surface area (Å²) < 4.78 is 5.26. The Hall–Kier alpha value is -1.88. The first-order valence-electron chi connectivity index (χ1n) is 6.27. The van der Waals surface area contributed by atoms with Crippen LogP contribution in [-0.4, -0.2) is 30.2 Å². The highest BCUT2D eigenvalue weighted by atomic mass is 16.5. The first kappa shape index (κ1) is 12.2. The van der Waals surface area contributed by atoms with E-state index < -0.39 is 17.3 Å². The van der Waals surface area contributed by atoms with Crippen LogP contribution in [0.5, 0.6) is 0 Å². The number of ether oxygens (including phenoxy) is 1. The molecule has 2 aliphatic heterocycles. The molecule has 3 rings (SSSR count). The van der Waals surface area contributed by atoms with Crippen LogP contribution in [-0.2, 0) is 26.2 Å². The van der Waals surface area contributed by atoms with Gasteiger partial charge in [-0.15, -0.1) is 0 Å². The number of aliphatic carboxylic acids is 1. The van der Waals surface area contributed by atoms with E-state index in [2.05, 4.69) is 5.32 Å². The Morgan fingerprint density at radius 1 is 1.47 bits per heavy atom. The molecule has 2 N–H and O–H groups in total. The molecule has 1 amide bonds. The monoisotopic (exact) mass is 261 g/mol. The number of carboxylic acids is 1. The van der Waals surface area contributed by atoms with Gasteiger partial charge < -0.3 is 15.2 Å². The highest BCUT2D eigenvalue weighted by Gasteiger charge is 2.48. The summed E-state index contributed by atoms with van der Waals surface area (Å²) in [6.07, 6.45) is 0.363. The largest absolute Gasteiger partial charge is 0.481 e. The normalized spacial score (nSPS) is 21.2. The van der Waals surface area contributed by atoms with E-state index in [1.165, 1.54) is 0 Å². The number of carbonyl (C=O) groups excluding carboxylic acids is 1. The lowest BCUT2D eigenvalue weighted by atomic mass is 9.69. The first-order chi connectivity index (χ1) is 9.03. The number of carboxylic acid groups (broad SMARTS) is 1. The summed E-state index contributed by atoms with van der Waals surface area (Å²) >= 11 is 0. The quantitative estimate of drug-likeness (QED) is 0.856. The van der Waals surface area contributed by atoms with Crippen molar-refractivity contribution in [3.8, 4) is 0 Å². The molecule has 0 aromatic heterocycles. The SMILES string of the molecule is CC(C(=O)O)C1(c2ccc3c(c2)CC(=O)N3)COC1. The molecule has 0 saturated carbocycles. The van der Waals surface area contributed by atoms with Crippen LogP contribution in [0.4, 0.5) is 5.69 Å². The molecule has 1 aromatic carbocycles. The van der Waals surface area contributed by atoms with Gasteiger partial charge in [-0.2, -0.15) is 0 Å². The zero-order valence-corrected chi connectivity index (χ0v) is 10.6. The number of hydrogen-bond acceptors (Lipinski definition) is 3. The van der Waals surface area contributed by atoms with Crippen LogP contribution in [0, 0.1) is 5.92 Å². The van der Waals surface area contributed by atoms with Gasteiger partial charge in [-0.3, -0.25) is 9.59 Å². The number of anilines is 1. The summed E-state index contributed by atoms with van der Waals surface area (Å²) in [5.41, 5.74) is 2.24. The van der Waals surface area contributed by atoms with Gasteiger partial charge in [0.05, 0.1) is 31.0 Å². The summed E-state index contributed by atoms with van der Waals surface area (Å²) in [7, 11) is 0. The lowest BCUT2D eigenvalue weighted by molar-refractivity contribution is -0.155. The second kappa shape index (κ2) is 4.06. The maximum atomic E-state index is 11.4. The lowest BCUT2D eigenvalue weighted by Gasteiger charge is -2.45. The fraction of sp³-hybridized carbons (Fsp3) is 0.429. The molecule has 19 heavy (non-hydrogen) atoms. The minimum atomic E-state index is -0.821. The van der Waals surface area contributed by atoms with Crippen LogP contribution in [0.2, 0.25) is 0 Å². The number of hydrogen-bond donors (Lipinski definition) is 2. The Kier molecular flexibility index (Phi) is 2.60. The molecule has 2 heterocycles. The molecular formula is C14H15NO4. The summed E-state index contributed by atoms with van der Waals surface area (Å²) in [6, 6.07) is 5.69. The van der Waals surface area contributed by atoms with Gasteiger partial charge in [0.2, 0.25) is 5.91 Å². The zero-order valence-electron chi connectivity index (χ0n) is 10.6. The molecule has 0 radical (unpaired) electrons. The van der Waals surface area contributed by atoms with E-state index in [1.807, 2.05) is 18.2 Å².